The van der Waals surface area contributed by atoms with Crippen molar-refractivity contribution >= 4 is 46.3 Å². The molecule has 7 nitrogen and oxygen atoms in total. The molecule has 1 aliphatic rings. The Bertz CT molecular complexity index is 1280. The first-order valence-electron chi connectivity index (χ1n) is 10.4. The summed E-state index contributed by atoms with van der Waals surface area (Å²) in [7, 11) is 1.54. The van der Waals surface area contributed by atoms with Crippen molar-refractivity contribution in [2.75, 3.05) is 17.3 Å². The average molecular weight is 477 g/mol. The number of nitrogens with zero attached hydrogens (tertiary/aromatic N) is 1. The minimum absolute atomic E-state index is 0.0385. The van der Waals surface area contributed by atoms with E-state index in [-0.39, 0.29) is 17.2 Å². The van der Waals surface area contributed by atoms with E-state index in [1.54, 1.807) is 72.8 Å². The van der Waals surface area contributed by atoms with Crippen molar-refractivity contribution in [2.24, 2.45) is 0 Å². The molecule has 3 aromatic rings. The van der Waals surface area contributed by atoms with Gasteiger partial charge in [0.05, 0.1) is 18.7 Å². The summed E-state index contributed by atoms with van der Waals surface area (Å²) in [5.74, 6) is -1.50. The van der Waals surface area contributed by atoms with E-state index < -0.39 is 17.7 Å². The molecule has 0 unspecified atom stereocenters. The second kappa shape index (κ2) is 9.41. The number of ketones is 1. The number of benzene rings is 3. The first-order chi connectivity index (χ1) is 16.3. The first kappa shape index (κ1) is 23.1. The zero-order chi connectivity index (χ0) is 24.4. The van der Waals surface area contributed by atoms with Gasteiger partial charge in [-0.25, -0.2) is 0 Å². The molecule has 0 bridgehead atoms. The number of hydrogen-bond acceptors (Lipinski definition) is 5. The molecular formula is C26H21ClN2O5. The predicted octanol–water partition coefficient (Wildman–Crippen LogP) is 4.93. The summed E-state index contributed by atoms with van der Waals surface area (Å²) >= 11 is 5.96. The van der Waals surface area contributed by atoms with Crippen LogP contribution in [-0.4, -0.2) is 29.8 Å². The van der Waals surface area contributed by atoms with Gasteiger partial charge in [0.15, 0.2) is 0 Å². The highest BCUT2D eigenvalue weighted by atomic mass is 35.5. The number of carbonyl (C=O) groups excluding carboxylic acids is 3. The van der Waals surface area contributed by atoms with Crippen molar-refractivity contribution in [1.82, 2.24) is 0 Å². The van der Waals surface area contributed by atoms with Gasteiger partial charge in [0, 0.05) is 28.9 Å². The first-order valence-corrected chi connectivity index (χ1v) is 10.8. The fourth-order valence-electron chi connectivity index (χ4n) is 3.87. The maximum atomic E-state index is 13.2. The van der Waals surface area contributed by atoms with Crippen LogP contribution in [0.5, 0.6) is 5.75 Å². The van der Waals surface area contributed by atoms with Crippen LogP contribution >= 0.6 is 11.6 Å². The van der Waals surface area contributed by atoms with E-state index in [0.29, 0.717) is 33.3 Å². The van der Waals surface area contributed by atoms with Crippen molar-refractivity contribution in [3.8, 4) is 5.75 Å². The van der Waals surface area contributed by atoms with E-state index in [9.17, 15) is 19.5 Å². The Labute approximate surface area is 201 Å². The SMILES string of the molecule is COc1ccc([C@H]2/C(=C(\O)c3ccc(Cl)cc3)C(=O)C(=O)N2c2ccc(NC(C)=O)cc2)cc1. The Morgan fingerprint density at radius 3 is 2.15 bits per heavy atom. The molecule has 2 amide bonds. The molecule has 34 heavy (non-hydrogen) atoms. The molecule has 0 aromatic heterocycles. The maximum absolute atomic E-state index is 13.2. The second-order valence-corrected chi connectivity index (χ2v) is 8.11. The third kappa shape index (κ3) is 4.38. The average Bonchev–Trinajstić information content (AvgIpc) is 3.10. The Kier molecular flexibility index (Phi) is 6.38. The summed E-state index contributed by atoms with van der Waals surface area (Å²) in [6, 6.07) is 18.9. The summed E-state index contributed by atoms with van der Waals surface area (Å²) in [5, 5.41) is 14.2. The van der Waals surface area contributed by atoms with Crippen molar-refractivity contribution in [1.29, 1.82) is 0 Å². The van der Waals surface area contributed by atoms with Crippen LogP contribution in [0.4, 0.5) is 11.4 Å². The molecule has 0 spiro atoms. The molecule has 0 radical (unpaired) electrons. The molecule has 8 heteroatoms. The molecule has 1 fully saturated rings. The molecule has 1 saturated heterocycles. The number of ether oxygens (including phenoxy) is 1. The highest BCUT2D eigenvalue weighted by Gasteiger charge is 2.47. The highest BCUT2D eigenvalue weighted by Crippen LogP contribution is 2.42. The standard InChI is InChI=1S/C26H21ClN2O5/c1-15(30)28-19-9-11-20(12-10-19)29-23(16-5-13-21(34-2)14-6-16)22(25(32)26(29)33)24(31)17-3-7-18(27)8-4-17/h3-14,23,31H,1-2H3,(H,28,30)/b24-22+/t23-/m0/s1. The molecule has 1 heterocycles. The molecular weight excluding hydrogens is 456 g/mol. The second-order valence-electron chi connectivity index (χ2n) is 7.68. The van der Waals surface area contributed by atoms with Crippen molar-refractivity contribution in [2.45, 2.75) is 13.0 Å². The number of Topliss-reactive ketones (excluding diaryl/α,β-unsaturated/α-hetero) is 1. The zero-order valence-corrected chi connectivity index (χ0v) is 19.2. The Balaban J connectivity index is 1.86. The van der Waals surface area contributed by atoms with Gasteiger partial charge in [0.1, 0.15) is 11.5 Å². The number of methoxy groups -OCH3 is 1. The van der Waals surface area contributed by atoms with E-state index in [4.69, 9.17) is 16.3 Å². The van der Waals surface area contributed by atoms with Gasteiger partial charge >= 0.3 is 0 Å². The number of aliphatic hydroxyl groups is 1. The third-order valence-corrected chi connectivity index (χ3v) is 5.71. The van der Waals surface area contributed by atoms with Crippen LogP contribution in [0.1, 0.15) is 24.1 Å². The lowest BCUT2D eigenvalue weighted by Gasteiger charge is -2.25. The highest BCUT2D eigenvalue weighted by molar-refractivity contribution is 6.51. The van der Waals surface area contributed by atoms with Crippen LogP contribution in [-0.2, 0) is 14.4 Å². The molecule has 4 rings (SSSR count). The van der Waals surface area contributed by atoms with Gasteiger partial charge in [0.25, 0.3) is 11.7 Å². The number of halogens is 1. The molecule has 3 aromatic carbocycles. The zero-order valence-electron chi connectivity index (χ0n) is 18.4. The van der Waals surface area contributed by atoms with Gasteiger partial charge in [-0.2, -0.15) is 0 Å². The summed E-state index contributed by atoms with van der Waals surface area (Å²) in [6.45, 7) is 1.40. The van der Waals surface area contributed by atoms with Gasteiger partial charge in [-0.1, -0.05) is 23.7 Å². The number of rotatable bonds is 5. The Morgan fingerprint density at radius 1 is 0.971 bits per heavy atom. The summed E-state index contributed by atoms with van der Waals surface area (Å²) in [4.78, 5) is 39.0. The van der Waals surface area contributed by atoms with Crippen LogP contribution < -0.4 is 15.0 Å². The Morgan fingerprint density at radius 2 is 1.59 bits per heavy atom. The van der Waals surface area contributed by atoms with E-state index in [0.717, 1.165) is 0 Å². The van der Waals surface area contributed by atoms with Gasteiger partial charge in [-0.05, 0) is 66.2 Å². The van der Waals surface area contributed by atoms with Crippen molar-refractivity contribution < 1.29 is 24.2 Å². The number of anilines is 2. The fraction of sp³-hybridized carbons (Fsp3) is 0.115. The third-order valence-electron chi connectivity index (χ3n) is 5.46. The largest absolute Gasteiger partial charge is 0.507 e. The van der Waals surface area contributed by atoms with E-state index >= 15 is 0 Å². The molecule has 1 atom stereocenters. The maximum Gasteiger partial charge on any atom is 0.300 e. The lowest BCUT2D eigenvalue weighted by atomic mass is 9.95. The summed E-state index contributed by atoms with van der Waals surface area (Å²) in [5.41, 5.74) is 1.92. The monoisotopic (exact) mass is 476 g/mol. The molecule has 2 N–H and O–H groups in total. The van der Waals surface area contributed by atoms with Gasteiger partial charge in [-0.3, -0.25) is 19.3 Å². The van der Waals surface area contributed by atoms with Gasteiger partial charge < -0.3 is 15.2 Å². The smallest absolute Gasteiger partial charge is 0.300 e. The number of amides is 2. The van der Waals surface area contributed by atoms with Crippen LogP contribution in [0.2, 0.25) is 5.02 Å². The number of carbonyl (C=O) groups is 3. The van der Waals surface area contributed by atoms with Gasteiger partial charge in [0.2, 0.25) is 5.91 Å². The molecule has 0 aliphatic carbocycles. The van der Waals surface area contributed by atoms with Crippen LogP contribution in [0, 0.1) is 0 Å². The van der Waals surface area contributed by atoms with Crippen LogP contribution in [0.3, 0.4) is 0 Å². The molecule has 1 aliphatic heterocycles. The topological polar surface area (TPSA) is 95.9 Å². The van der Waals surface area contributed by atoms with Crippen LogP contribution in [0.25, 0.3) is 5.76 Å². The van der Waals surface area contributed by atoms with Crippen molar-refractivity contribution in [3.05, 3.63) is 94.5 Å². The fourth-order valence-corrected chi connectivity index (χ4v) is 4.00. The van der Waals surface area contributed by atoms with E-state index in [1.165, 1.54) is 18.9 Å². The lowest BCUT2D eigenvalue weighted by Crippen LogP contribution is -2.29. The van der Waals surface area contributed by atoms with Crippen LogP contribution in [0.15, 0.2) is 78.4 Å². The molecule has 172 valence electrons. The van der Waals surface area contributed by atoms with Gasteiger partial charge in [-0.15, -0.1) is 0 Å². The van der Waals surface area contributed by atoms with E-state index in [1.807, 2.05) is 0 Å². The quantitative estimate of drug-likeness (QED) is 0.309. The summed E-state index contributed by atoms with van der Waals surface area (Å²) < 4.78 is 5.23. The van der Waals surface area contributed by atoms with Crippen molar-refractivity contribution in [3.63, 3.8) is 0 Å². The number of hydrogen-bond donors (Lipinski definition) is 2. The number of nitrogens with one attached hydrogen (secondary N) is 1. The predicted molar refractivity (Wildman–Crippen MR) is 130 cm³/mol. The minimum atomic E-state index is -0.881. The minimum Gasteiger partial charge on any atom is -0.507 e. The normalized spacial score (nSPS) is 17.0. The number of aliphatic hydroxyl groups excluding tert-OH is 1. The molecule has 0 saturated carbocycles. The summed E-state index contributed by atoms with van der Waals surface area (Å²) in [6.07, 6.45) is 0. The Hall–Kier alpha value is -4.10. The van der Waals surface area contributed by atoms with E-state index in [2.05, 4.69) is 5.32 Å². The lowest BCUT2D eigenvalue weighted by molar-refractivity contribution is -0.132.